The first-order valence-electron chi connectivity index (χ1n) is 7.34. The molecule has 0 radical (unpaired) electrons. The molecule has 1 saturated heterocycles. The highest BCUT2D eigenvalue weighted by atomic mass is 16.6. The van der Waals surface area contributed by atoms with Crippen LogP contribution in [-0.4, -0.2) is 45.7 Å². The number of rotatable bonds is 3. The Morgan fingerprint density at radius 2 is 2.24 bits per heavy atom. The van der Waals surface area contributed by atoms with Crippen LogP contribution in [0.2, 0.25) is 0 Å². The average Bonchev–Trinajstić information content (AvgIpc) is 2.85. The van der Waals surface area contributed by atoms with Crippen LogP contribution in [0.5, 0.6) is 0 Å². The zero-order valence-corrected chi connectivity index (χ0v) is 13.2. The molecule has 0 bridgehead atoms. The van der Waals surface area contributed by atoms with E-state index in [0.29, 0.717) is 0 Å². The van der Waals surface area contributed by atoms with Crippen molar-refractivity contribution in [1.82, 2.24) is 20.2 Å². The van der Waals surface area contributed by atoms with Crippen LogP contribution in [0.25, 0.3) is 0 Å². The lowest BCUT2D eigenvalue weighted by Crippen LogP contribution is -2.40. The van der Waals surface area contributed by atoms with E-state index in [1.165, 1.54) is 0 Å². The fraction of sp³-hybridized carbons (Fsp3) is 0.667. The number of amides is 1. The van der Waals surface area contributed by atoms with Crippen molar-refractivity contribution in [2.75, 3.05) is 13.1 Å². The maximum Gasteiger partial charge on any atom is 0.407 e. The van der Waals surface area contributed by atoms with Gasteiger partial charge in [-0.3, -0.25) is 14.9 Å². The van der Waals surface area contributed by atoms with Gasteiger partial charge in [-0.1, -0.05) is 0 Å². The van der Waals surface area contributed by atoms with E-state index in [9.17, 15) is 4.79 Å². The number of nitrogens with one attached hydrogen (secondary N) is 1. The summed E-state index contributed by atoms with van der Waals surface area (Å²) in [5, 5.41) is 2.93. The van der Waals surface area contributed by atoms with Crippen molar-refractivity contribution in [2.24, 2.45) is 0 Å². The van der Waals surface area contributed by atoms with Crippen molar-refractivity contribution < 1.29 is 9.53 Å². The molecule has 6 heteroatoms. The van der Waals surface area contributed by atoms with Gasteiger partial charge in [0.1, 0.15) is 5.60 Å². The van der Waals surface area contributed by atoms with Gasteiger partial charge < -0.3 is 10.1 Å². The number of ether oxygens (including phenoxy) is 1. The molecule has 0 spiro atoms. The summed E-state index contributed by atoms with van der Waals surface area (Å²) < 4.78 is 5.29. The van der Waals surface area contributed by atoms with Crippen molar-refractivity contribution in [2.45, 2.75) is 51.8 Å². The first kappa shape index (κ1) is 15.7. The van der Waals surface area contributed by atoms with Crippen LogP contribution < -0.4 is 5.32 Å². The lowest BCUT2D eigenvalue weighted by Gasteiger charge is -2.24. The molecule has 1 aliphatic heterocycles. The van der Waals surface area contributed by atoms with Crippen molar-refractivity contribution in [3.05, 3.63) is 24.3 Å². The molecule has 2 atom stereocenters. The Morgan fingerprint density at radius 1 is 1.48 bits per heavy atom. The molecular formula is C15H24N4O2. The molecule has 0 saturated carbocycles. The Bertz CT molecular complexity index is 472. The van der Waals surface area contributed by atoms with E-state index in [2.05, 4.69) is 27.1 Å². The van der Waals surface area contributed by atoms with Crippen LogP contribution in [-0.2, 0) is 4.74 Å². The van der Waals surface area contributed by atoms with E-state index in [1.54, 1.807) is 18.6 Å². The summed E-state index contributed by atoms with van der Waals surface area (Å²) in [6.45, 7) is 9.44. The Balaban J connectivity index is 1.85. The van der Waals surface area contributed by atoms with Gasteiger partial charge in [0.25, 0.3) is 0 Å². The molecule has 0 aliphatic carbocycles. The van der Waals surface area contributed by atoms with Crippen LogP contribution in [0.1, 0.15) is 45.9 Å². The smallest absolute Gasteiger partial charge is 0.407 e. The zero-order valence-electron chi connectivity index (χ0n) is 13.2. The molecule has 1 N–H and O–H groups in total. The maximum absolute atomic E-state index is 11.8. The number of hydrogen-bond donors (Lipinski definition) is 1. The highest BCUT2D eigenvalue weighted by Gasteiger charge is 2.29. The molecule has 2 rings (SSSR count). The lowest BCUT2D eigenvalue weighted by molar-refractivity contribution is 0.0504. The molecule has 6 nitrogen and oxygen atoms in total. The molecular weight excluding hydrogens is 268 g/mol. The molecule has 1 aromatic rings. The predicted octanol–water partition coefficient (Wildman–Crippen LogP) is 2.14. The van der Waals surface area contributed by atoms with Gasteiger partial charge in [0.2, 0.25) is 0 Å². The molecule has 21 heavy (non-hydrogen) atoms. The molecule has 116 valence electrons. The zero-order chi connectivity index (χ0) is 15.5. The number of carbonyl (C=O) groups is 1. The van der Waals surface area contributed by atoms with Crippen LogP contribution in [0, 0.1) is 0 Å². The number of alkyl carbamates (subject to hydrolysis) is 1. The maximum atomic E-state index is 11.8. The van der Waals surface area contributed by atoms with Gasteiger partial charge in [-0.15, -0.1) is 0 Å². The van der Waals surface area contributed by atoms with Crippen molar-refractivity contribution >= 4 is 6.09 Å². The van der Waals surface area contributed by atoms with Crippen LogP contribution in [0.4, 0.5) is 4.79 Å². The Hall–Kier alpha value is -1.69. The first-order valence-corrected chi connectivity index (χ1v) is 7.34. The van der Waals surface area contributed by atoms with Crippen molar-refractivity contribution in [3.8, 4) is 0 Å². The number of nitrogens with zero attached hydrogens (tertiary/aromatic N) is 3. The van der Waals surface area contributed by atoms with E-state index in [1.807, 2.05) is 20.8 Å². The second kappa shape index (κ2) is 6.39. The highest BCUT2D eigenvalue weighted by molar-refractivity contribution is 5.68. The number of carbonyl (C=O) groups excluding carboxylic acids is 1. The van der Waals surface area contributed by atoms with Crippen molar-refractivity contribution in [3.63, 3.8) is 0 Å². The van der Waals surface area contributed by atoms with E-state index in [-0.39, 0.29) is 18.2 Å². The average molecular weight is 292 g/mol. The summed E-state index contributed by atoms with van der Waals surface area (Å²) in [4.78, 5) is 22.5. The quantitative estimate of drug-likeness (QED) is 0.924. The topological polar surface area (TPSA) is 67.4 Å². The molecule has 2 heterocycles. The minimum absolute atomic E-state index is 0.124. The summed E-state index contributed by atoms with van der Waals surface area (Å²) >= 11 is 0. The van der Waals surface area contributed by atoms with Gasteiger partial charge in [-0.25, -0.2) is 4.79 Å². The van der Waals surface area contributed by atoms with E-state index >= 15 is 0 Å². The summed E-state index contributed by atoms with van der Waals surface area (Å²) in [7, 11) is 0. The normalized spacial score (nSPS) is 21.0. The predicted molar refractivity (Wildman–Crippen MR) is 79.8 cm³/mol. The molecule has 1 amide bonds. The third kappa shape index (κ3) is 4.67. The van der Waals surface area contributed by atoms with Gasteiger partial charge in [-0.2, -0.15) is 0 Å². The van der Waals surface area contributed by atoms with E-state index in [0.717, 1.165) is 25.2 Å². The fourth-order valence-electron chi connectivity index (χ4n) is 2.44. The van der Waals surface area contributed by atoms with Gasteiger partial charge in [0.05, 0.1) is 11.7 Å². The monoisotopic (exact) mass is 292 g/mol. The van der Waals surface area contributed by atoms with Crippen molar-refractivity contribution in [1.29, 1.82) is 0 Å². The molecule has 0 unspecified atom stereocenters. The highest BCUT2D eigenvalue weighted by Crippen LogP contribution is 2.22. The Morgan fingerprint density at radius 3 is 2.86 bits per heavy atom. The van der Waals surface area contributed by atoms with Gasteiger partial charge >= 0.3 is 6.09 Å². The summed E-state index contributed by atoms with van der Waals surface area (Å²) in [6.07, 6.45) is 5.75. The number of likely N-dealkylation sites (tertiary alicyclic amines) is 1. The molecule has 1 aromatic heterocycles. The van der Waals surface area contributed by atoms with Crippen LogP contribution >= 0.6 is 0 Å². The molecule has 1 aliphatic rings. The lowest BCUT2D eigenvalue weighted by atomic mass is 10.2. The Kier molecular flexibility index (Phi) is 4.77. The van der Waals surface area contributed by atoms with Gasteiger partial charge in [0.15, 0.2) is 0 Å². The van der Waals surface area contributed by atoms with E-state index in [4.69, 9.17) is 4.74 Å². The number of hydrogen-bond acceptors (Lipinski definition) is 5. The number of aromatic nitrogens is 2. The minimum atomic E-state index is -0.463. The first-order chi connectivity index (χ1) is 9.85. The third-order valence-electron chi connectivity index (χ3n) is 3.50. The van der Waals surface area contributed by atoms with Crippen LogP contribution in [0.3, 0.4) is 0 Å². The SMILES string of the molecule is C[C@H](c1cnccn1)N1CC[C@@H](NC(=O)OC(C)(C)C)C1. The summed E-state index contributed by atoms with van der Waals surface area (Å²) in [5.74, 6) is 0. The van der Waals surface area contributed by atoms with Gasteiger partial charge in [0, 0.05) is 37.7 Å². The van der Waals surface area contributed by atoms with Gasteiger partial charge in [-0.05, 0) is 34.1 Å². The second-order valence-corrected chi connectivity index (χ2v) is 6.43. The van der Waals surface area contributed by atoms with E-state index < -0.39 is 5.60 Å². The third-order valence-corrected chi connectivity index (χ3v) is 3.50. The molecule has 1 fully saturated rings. The second-order valence-electron chi connectivity index (χ2n) is 6.43. The summed E-state index contributed by atoms with van der Waals surface area (Å²) in [6, 6.07) is 0.322. The Labute approximate surface area is 125 Å². The van der Waals surface area contributed by atoms with Crippen LogP contribution in [0.15, 0.2) is 18.6 Å². The minimum Gasteiger partial charge on any atom is -0.444 e. The molecule has 0 aromatic carbocycles. The largest absolute Gasteiger partial charge is 0.444 e. The summed E-state index contributed by atoms with van der Waals surface area (Å²) in [5.41, 5.74) is 0.491. The standard InChI is InChI=1S/C15H24N4O2/c1-11(13-9-16-6-7-17-13)19-8-5-12(10-19)18-14(20)21-15(2,3)4/h6-7,9,11-12H,5,8,10H2,1-4H3,(H,18,20)/t11-,12-/m1/s1. The fourth-order valence-corrected chi connectivity index (χ4v) is 2.44.